The number of hydrogen-bond donors (Lipinski definition) is 2. The minimum Gasteiger partial charge on any atom is -0.466 e. The minimum atomic E-state index is -0.478. The lowest BCUT2D eigenvalue weighted by atomic mass is 10.1. The molecule has 4 rings (SSSR count). The monoisotopic (exact) mass is 297 g/mol. The van der Waals surface area contributed by atoms with E-state index in [0.717, 1.165) is 10.3 Å². The van der Waals surface area contributed by atoms with E-state index in [4.69, 9.17) is 10.5 Å². The van der Waals surface area contributed by atoms with Gasteiger partial charge in [0.1, 0.15) is 11.3 Å². The molecule has 0 spiro atoms. The van der Waals surface area contributed by atoms with E-state index in [1.54, 1.807) is 6.07 Å². The number of ether oxygens (including phenoxy) is 1. The highest BCUT2D eigenvalue weighted by atomic mass is 32.1. The summed E-state index contributed by atoms with van der Waals surface area (Å²) in [5.74, 6) is 0.392. The number of benzene rings is 2. The fourth-order valence-electron chi connectivity index (χ4n) is 2.43. The normalized spacial score (nSPS) is 17.1. The molecule has 0 bridgehead atoms. The standard InChI is InChI=1S/C15H11N3O2S/c16-15-17-9-6-7-10-11(12(9)21-15)13(19)18-14(20-10)8-4-2-1-3-5-8/h1-7,14H,(H2,16,17)(H,18,19). The Bertz CT molecular complexity index is 845. The topological polar surface area (TPSA) is 77.2 Å². The maximum absolute atomic E-state index is 12.4. The van der Waals surface area contributed by atoms with Crippen molar-refractivity contribution in [2.24, 2.45) is 0 Å². The number of carbonyl (C=O) groups is 1. The molecule has 2 heterocycles. The molecule has 3 aromatic rings. The number of nitrogen functional groups attached to an aromatic ring is 1. The van der Waals surface area contributed by atoms with Gasteiger partial charge in [0.2, 0.25) is 0 Å². The number of hydrogen-bond acceptors (Lipinski definition) is 5. The predicted molar refractivity (Wildman–Crippen MR) is 81.3 cm³/mol. The Morgan fingerprint density at radius 3 is 2.81 bits per heavy atom. The van der Waals surface area contributed by atoms with Crippen molar-refractivity contribution in [1.29, 1.82) is 0 Å². The first kappa shape index (κ1) is 12.2. The number of thiazole rings is 1. The molecule has 0 saturated heterocycles. The lowest BCUT2D eigenvalue weighted by Gasteiger charge is -2.27. The Labute approximate surface area is 124 Å². The van der Waals surface area contributed by atoms with Crippen molar-refractivity contribution in [3.8, 4) is 5.75 Å². The summed E-state index contributed by atoms with van der Waals surface area (Å²) < 4.78 is 6.67. The highest BCUT2D eigenvalue weighted by Gasteiger charge is 2.29. The van der Waals surface area contributed by atoms with Crippen LogP contribution in [0.5, 0.6) is 5.75 Å². The van der Waals surface area contributed by atoms with Crippen molar-refractivity contribution in [2.45, 2.75) is 6.23 Å². The molecule has 6 heteroatoms. The van der Waals surface area contributed by atoms with Crippen LogP contribution in [-0.4, -0.2) is 10.9 Å². The van der Waals surface area contributed by atoms with E-state index in [1.165, 1.54) is 11.3 Å². The first-order valence-electron chi connectivity index (χ1n) is 6.44. The number of aromatic nitrogens is 1. The van der Waals surface area contributed by atoms with Crippen molar-refractivity contribution in [3.63, 3.8) is 0 Å². The summed E-state index contributed by atoms with van der Waals surface area (Å²) in [6, 6.07) is 13.2. The second-order valence-electron chi connectivity index (χ2n) is 4.72. The molecule has 3 N–H and O–H groups in total. The second-order valence-corrected chi connectivity index (χ2v) is 5.75. The Balaban J connectivity index is 1.82. The van der Waals surface area contributed by atoms with Crippen molar-refractivity contribution in [3.05, 3.63) is 53.6 Å². The highest BCUT2D eigenvalue weighted by molar-refractivity contribution is 7.22. The quantitative estimate of drug-likeness (QED) is 0.724. The number of nitrogens with zero attached hydrogens (tertiary/aromatic N) is 1. The van der Waals surface area contributed by atoms with Crippen LogP contribution in [0.3, 0.4) is 0 Å². The van der Waals surface area contributed by atoms with Gasteiger partial charge in [-0.2, -0.15) is 0 Å². The lowest BCUT2D eigenvalue weighted by Crippen LogP contribution is -2.36. The summed E-state index contributed by atoms with van der Waals surface area (Å²) in [5, 5.41) is 3.31. The van der Waals surface area contributed by atoms with Gasteiger partial charge >= 0.3 is 0 Å². The Kier molecular flexibility index (Phi) is 2.58. The minimum absolute atomic E-state index is 0.167. The summed E-state index contributed by atoms with van der Waals surface area (Å²) in [5.41, 5.74) is 7.85. The van der Waals surface area contributed by atoms with Crippen LogP contribution in [0.4, 0.5) is 5.13 Å². The van der Waals surface area contributed by atoms with Gasteiger partial charge in [-0.05, 0) is 12.1 Å². The number of amides is 1. The molecule has 5 nitrogen and oxygen atoms in total. The molecule has 1 aliphatic rings. The van der Waals surface area contributed by atoms with Gasteiger partial charge in [0, 0.05) is 5.56 Å². The van der Waals surface area contributed by atoms with Gasteiger partial charge < -0.3 is 15.8 Å². The molecule has 0 saturated carbocycles. The van der Waals surface area contributed by atoms with E-state index < -0.39 is 6.23 Å². The smallest absolute Gasteiger partial charge is 0.259 e. The van der Waals surface area contributed by atoms with Gasteiger partial charge in [-0.15, -0.1) is 0 Å². The van der Waals surface area contributed by atoms with E-state index in [0.29, 0.717) is 22.0 Å². The molecule has 1 aliphatic heterocycles. The van der Waals surface area contributed by atoms with Gasteiger partial charge in [0.25, 0.3) is 5.91 Å². The van der Waals surface area contributed by atoms with Crippen LogP contribution in [0.1, 0.15) is 22.1 Å². The van der Waals surface area contributed by atoms with E-state index in [9.17, 15) is 4.79 Å². The zero-order valence-corrected chi connectivity index (χ0v) is 11.7. The van der Waals surface area contributed by atoms with Gasteiger partial charge in [0.15, 0.2) is 11.4 Å². The second kappa shape index (κ2) is 4.46. The van der Waals surface area contributed by atoms with Gasteiger partial charge in [-0.3, -0.25) is 4.79 Å². The molecule has 1 atom stereocenters. The fourth-order valence-corrected chi connectivity index (χ4v) is 3.30. The molecule has 104 valence electrons. The predicted octanol–water partition coefficient (Wildman–Crippen LogP) is 2.70. The molecule has 21 heavy (non-hydrogen) atoms. The van der Waals surface area contributed by atoms with Gasteiger partial charge in [0.05, 0.1) is 10.2 Å². The van der Waals surface area contributed by atoms with E-state index in [1.807, 2.05) is 36.4 Å². The summed E-state index contributed by atoms with van der Waals surface area (Å²) in [4.78, 5) is 16.6. The molecule has 0 radical (unpaired) electrons. The SMILES string of the molecule is Nc1nc2ccc3c(c2s1)C(=O)NC(c1ccccc1)O3. The average Bonchev–Trinajstić information content (AvgIpc) is 2.88. The third kappa shape index (κ3) is 1.92. The van der Waals surface area contributed by atoms with Crippen molar-refractivity contribution in [1.82, 2.24) is 10.3 Å². The van der Waals surface area contributed by atoms with Crippen LogP contribution in [0.15, 0.2) is 42.5 Å². The lowest BCUT2D eigenvalue weighted by molar-refractivity contribution is 0.0760. The van der Waals surface area contributed by atoms with Crippen LogP contribution < -0.4 is 15.8 Å². The third-order valence-electron chi connectivity index (χ3n) is 3.37. The Morgan fingerprint density at radius 1 is 1.19 bits per heavy atom. The molecule has 1 unspecified atom stereocenters. The zero-order valence-electron chi connectivity index (χ0n) is 10.9. The first-order chi connectivity index (χ1) is 10.2. The van der Waals surface area contributed by atoms with Crippen molar-refractivity contribution in [2.75, 3.05) is 5.73 Å². The average molecular weight is 297 g/mol. The number of nitrogens with two attached hydrogens (primary N) is 1. The number of fused-ring (bicyclic) bond motifs is 3. The number of nitrogens with one attached hydrogen (secondary N) is 1. The molecular weight excluding hydrogens is 286 g/mol. The van der Waals surface area contributed by atoms with Gasteiger partial charge in [-0.25, -0.2) is 4.98 Å². The van der Waals surface area contributed by atoms with E-state index >= 15 is 0 Å². The van der Waals surface area contributed by atoms with Crippen LogP contribution in [0.25, 0.3) is 10.2 Å². The maximum Gasteiger partial charge on any atom is 0.259 e. The molecule has 0 fully saturated rings. The molecule has 2 aromatic carbocycles. The van der Waals surface area contributed by atoms with Crippen LogP contribution >= 0.6 is 11.3 Å². The summed E-state index contributed by atoms with van der Waals surface area (Å²) in [6.45, 7) is 0. The summed E-state index contributed by atoms with van der Waals surface area (Å²) in [7, 11) is 0. The Morgan fingerprint density at radius 2 is 2.00 bits per heavy atom. The third-order valence-corrected chi connectivity index (χ3v) is 4.29. The fraction of sp³-hybridized carbons (Fsp3) is 0.0667. The van der Waals surface area contributed by atoms with Crippen LogP contribution in [-0.2, 0) is 0 Å². The zero-order chi connectivity index (χ0) is 14.4. The van der Waals surface area contributed by atoms with Gasteiger partial charge in [-0.1, -0.05) is 41.7 Å². The number of rotatable bonds is 1. The molecule has 1 aromatic heterocycles. The van der Waals surface area contributed by atoms with E-state index in [2.05, 4.69) is 10.3 Å². The first-order valence-corrected chi connectivity index (χ1v) is 7.25. The van der Waals surface area contributed by atoms with Crippen LogP contribution in [0.2, 0.25) is 0 Å². The number of anilines is 1. The molecular formula is C15H11N3O2S. The van der Waals surface area contributed by atoms with Crippen LogP contribution in [0, 0.1) is 0 Å². The van der Waals surface area contributed by atoms with E-state index in [-0.39, 0.29) is 5.91 Å². The largest absolute Gasteiger partial charge is 0.466 e. The summed E-state index contributed by atoms with van der Waals surface area (Å²) in [6.07, 6.45) is -0.478. The number of carbonyl (C=O) groups excluding carboxylic acids is 1. The van der Waals surface area contributed by atoms with Crippen molar-refractivity contribution < 1.29 is 9.53 Å². The maximum atomic E-state index is 12.4. The highest BCUT2D eigenvalue weighted by Crippen LogP contribution is 2.37. The Hall–Kier alpha value is -2.60. The molecule has 0 aliphatic carbocycles. The molecule has 1 amide bonds. The van der Waals surface area contributed by atoms with Crippen molar-refractivity contribution >= 4 is 32.6 Å². The summed E-state index contributed by atoms with van der Waals surface area (Å²) >= 11 is 1.29.